The fourth-order valence-corrected chi connectivity index (χ4v) is 10.8. The van der Waals surface area contributed by atoms with Gasteiger partial charge in [0, 0.05) is 43.8 Å². The first-order valence-corrected chi connectivity index (χ1v) is 28.0. The molecular weight excluding hydrogens is 1210 g/mol. The van der Waals surface area contributed by atoms with E-state index in [1.165, 1.54) is 0 Å². The van der Waals surface area contributed by atoms with E-state index < -0.39 is 23.9 Å². The highest BCUT2D eigenvalue weighted by Gasteiger charge is 2.27. The van der Waals surface area contributed by atoms with E-state index in [9.17, 15) is 39.6 Å². The molecule has 0 atom stereocenters. The Hall–Kier alpha value is -10.6. The highest BCUT2D eigenvalue weighted by molar-refractivity contribution is 6.34. The molecule has 88 heavy (non-hydrogen) atoms. The molecule has 0 aliphatic carbocycles. The third kappa shape index (κ3) is 11.6. The van der Waals surface area contributed by atoms with E-state index in [-0.39, 0.29) is 115 Å². The third-order valence-electron chi connectivity index (χ3n) is 14.1. The fourth-order valence-electron chi connectivity index (χ4n) is 10.0. The van der Waals surface area contributed by atoms with E-state index in [1.807, 2.05) is 0 Å². The van der Waals surface area contributed by atoms with Gasteiger partial charge in [-0.15, -0.1) is 0 Å². The summed E-state index contributed by atoms with van der Waals surface area (Å²) in [7, 11) is 0. The first-order valence-electron chi connectivity index (χ1n) is 26.5. The fraction of sp³-hybridized carbons (Fsp3) is 0.0625. The number of aliphatic carboxylic acids is 4. The number of hydrogen-bond acceptors (Lipinski definition) is 14. The van der Waals surface area contributed by atoms with Gasteiger partial charge in [0.2, 0.25) is 0 Å². The molecule has 0 fully saturated rings. The molecule has 3 aromatic heterocycles. The lowest BCUT2D eigenvalue weighted by Crippen LogP contribution is -1.99. The molecule has 0 saturated carbocycles. The average molecular weight is 1250 g/mol. The van der Waals surface area contributed by atoms with Gasteiger partial charge in [0.25, 0.3) is 0 Å². The second-order valence-corrected chi connectivity index (χ2v) is 21.8. The minimum atomic E-state index is -0.987. The number of nitrogens with one attached hydrogen (secondary N) is 2. The molecule has 0 spiro atoms. The van der Waals surface area contributed by atoms with Crippen molar-refractivity contribution in [3.63, 3.8) is 0 Å². The van der Waals surface area contributed by atoms with Crippen LogP contribution in [0.4, 0.5) is 0 Å². The Morgan fingerprint density at radius 1 is 0.318 bits per heavy atom. The molecule has 0 saturated heterocycles. The number of aromatic amines is 2. The highest BCUT2D eigenvalue weighted by Crippen LogP contribution is 2.46. The number of H-pyrrole nitrogens is 2. The molecule has 13 rings (SSSR count). The number of benzene rings is 8. The molecule has 434 valence electrons. The number of aromatic nitrogens is 8. The van der Waals surface area contributed by atoms with E-state index in [4.69, 9.17) is 95.3 Å². The van der Waals surface area contributed by atoms with Gasteiger partial charge in [-0.3, -0.25) is 19.2 Å². The Labute approximate surface area is 515 Å². The maximum atomic E-state index is 11.5. The zero-order valence-corrected chi connectivity index (χ0v) is 48.0. The van der Waals surface area contributed by atoms with Crippen LogP contribution in [-0.4, -0.2) is 84.2 Å². The number of carbonyl (C=O) groups is 4. The molecular formula is C64H38Cl4N8O12. The minimum Gasteiger partial charge on any atom is -0.481 e. The van der Waals surface area contributed by atoms with Crippen LogP contribution in [0.1, 0.15) is 22.3 Å². The summed E-state index contributed by atoms with van der Waals surface area (Å²) in [6, 6.07) is 39.4. The van der Waals surface area contributed by atoms with Crippen LogP contribution in [0.15, 0.2) is 146 Å². The first-order chi connectivity index (χ1) is 42.4. The summed E-state index contributed by atoms with van der Waals surface area (Å²) in [6.45, 7) is 0. The first kappa shape index (κ1) is 56.5. The van der Waals surface area contributed by atoms with Gasteiger partial charge < -0.3 is 49.3 Å². The van der Waals surface area contributed by atoms with Crippen LogP contribution in [0, 0.1) is 0 Å². The average Bonchev–Trinajstić information content (AvgIpc) is 2.16. The zero-order valence-electron chi connectivity index (χ0n) is 44.9. The molecule has 20 nitrogen and oxygen atoms in total. The van der Waals surface area contributed by atoms with Crippen molar-refractivity contribution in [3.8, 4) is 91.5 Å². The number of rotatable bonds is 16. The van der Waals surface area contributed by atoms with Crippen molar-refractivity contribution in [1.29, 1.82) is 0 Å². The molecule has 0 radical (unpaired) electrons. The van der Waals surface area contributed by atoms with Crippen molar-refractivity contribution < 1.29 is 58.6 Å². The second-order valence-electron chi connectivity index (χ2n) is 20.2. The van der Waals surface area contributed by atoms with Gasteiger partial charge in [-0.05, 0) is 119 Å². The van der Waals surface area contributed by atoms with Gasteiger partial charge in [-0.25, -0.2) is 29.9 Å². The van der Waals surface area contributed by atoms with E-state index in [0.29, 0.717) is 89.1 Å². The minimum absolute atomic E-state index is 0.140. The van der Waals surface area contributed by atoms with Gasteiger partial charge >= 0.3 is 23.9 Å². The van der Waals surface area contributed by atoms with Crippen molar-refractivity contribution in [3.05, 3.63) is 188 Å². The lowest BCUT2D eigenvalue weighted by atomic mass is 10.1. The monoisotopic (exact) mass is 1250 g/mol. The Morgan fingerprint density at radius 3 is 0.807 bits per heavy atom. The molecule has 2 aliphatic heterocycles. The van der Waals surface area contributed by atoms with E-state index in [0.717, 1.165) is 0 Å². The lowest BCUT2D eigenvalue weighted by Gasteiger charge is -2.10. The summed E-state index contributed by atoms with van der Waals surface area (Å²) < 4.78 is 25.3. The van der Waals surface area contributed by atoms with Gasteiger partial charge in [0.15, 0.2) is 23.3 Å². The molecule has 2 aliphatic rings. The van der Waals surface area contributed by atoms with Crippen LogP contribution in [0.3, 0.4) is 0 Å². The van der Waals surface area contributed by atoms with Crippen LogP contribution in [0.25, 0.3) is 89.7 Å². The SMILES string of the molecule is O=C(O)Cc1ccc(Oc2cc3c(cc2Cl)-c2nc-3nc3[nH]c(nc4nc(nc5[nH]c(n2)c2cc(Oc6ccc(CC(=O)O)cc6)c(Cl)cc52)-c2cc(Oc5ccc(CC(=O)O)cc5)c(Cl)cc2-4)c2cc(Oc4ccc(CC(=O)O)cc4)c(Cl)cc32)cc1. The predicted octanol–water partition coefficient (Wildman–Crippen LogP) is 15.2. The van der Waals surface area contributed by atoms with Gasteiger partial charge in [0.05, 0.1) is 45.8 Å². The summed E-state index contributed by atoms with van der Waals surface area (Å²) in [4.78, 5) is 83.3. The zero-order chi connectivity index (χ0) is 61.1. The normalized spacial score (nSPS) is 11.5. The van der Waals surface area contributed by atoms with Gasteiger partial charge in [-0.1, -0.05) is 94.9 Å². The van der Waals surface area contributed by atoms with Crippen LogP contribution in [0.5, 0.6) is 46.0 Å². The molecule has 8 aromatic carbocycles. The summed E-state index contributed by atoms with van der Waals surface area (Å²) >= 11 is 28.3. The van der Waals surface area contributed by atoms with Crippen molar-refractivity contribution in [2.75, 3.05) is 0 Å². The number of carboxylic acid groups (broad SMARTS) is 4. The second kappa shape index (κ2) is 23.0. The largest absolute Gasteiger partial charge is 0.481 e. The summed E-state index contributed by atoms with van der Waals surface area (Å²) in [5.74, 6) is -1.09. The number of nitrogens with zero attached hydrogens (tertiary/aromatic N) is 6. The van der Waals surface area contributed by atoms with Crippen molar-refractivity contribution in [1.82, 2.24) is 39.9 Å². The van der Waals surface area contributed by atoms with Gasteiger partial charge in [0.1, 0.15) is 68.6 Å². The van der Waals surface area contributed by atoms with Crippen molar-refractivity contribution in [2.24, 2.45) is 0 Å². The van der Waals surface area contributed by atoms with Crippen molar-refractivity contribution in [2.45, 2.75) is 25.7 Å². The van der Waals surface area contributed by atoms with E-state index in [1.54, 1.807) is 146 Å². The number of fused-ring (bicyclic) bond motifs is 20. The number of hydrogen-bond donors (Lipinski definition) is 6. The summed E-state index contributed by atoms with van der Waals surface area (Å²) in [6.07, 6.45) is -0.744. The molecule has 8 bridgehead atoms. The Balaban J connectivity index is 1.05. The van der Waals surface area contributed by atoms with Crippen LogP contribution < -0.4 is 18.9 Å². The lowest BCUT2D eigenvalue weighted by molar-refractivity contribution is -0.137. The summed E-state index contributed by atoms with van der Waals surface area (Å²) in [5, 5.41) is 40.0. The Bertz CT molecular complexity index is 4620. The molecule has 0 amide bonds. The van der Waals surface area contributed by atoms with Gasteiger partial charge in [-0.2, -0.15) is 0 Å². The topological polar surface area (TPSA) is 295 Å². The molecule has 11 aromatic rings. The Kier molecular flexibility index (Phi) is 14.8. The quantitative estimate of drug-likeness (QED) is 0.0524. The van der Waals surface area contributed by atoms with Crippen molar-refractivity contribution >= 4 is 114 Å². The highest BCUT2D eigenvalue weighted by atomic mass is 35.5. The smallest absolute Gasteiger partial charge is 0.307 e. The van der Waals surface area contributed by atoms with Crippen LogP contribution >= 0.6 is 46.4 Å². The number of ether oxygens (including phenoxy) is 4. The predicted molar refractivity (Wildman–Crippen MR) is 328 cm³/mol. The third-order valence-corrected chi connectivity index (χ3v) is 15.2. The Morgan fingerprint density at radius 2 is 0.545 bits per heavy atom. The molecule has 0 unspecified atom stereocenters. The number of carboxylic acids is 4. The van der Waals surface area contributed by atoms with Crippen LogP contribution in [0.2, 0.25) is 20.1 Å². The number of halogens is 4. The standard InChI is InChI=1S/C64H38Cl4N8O12/c65-45-21-37-41(25-49(45)85-33-9-1-29(2-10-33)17-53(77)78)61-69-57(37)74-62-43-27-51(87-35-13-5-31(6-14-35)19-55(81)82)47(67)23-39(43)59(71-62)76-64-44-28-52(88-36-15-7-32(8-16-36)20-56(83)84)48(68)24-40(44)60(72-64)75-63-42-26-50(46(66)22-38(42)58(70-63)73-61)86-34-11-3-30(4-12-34)18-54(79)80/h1-16,21-28H,17-20H2,(H,77,78)(H,79,80)(H,81,82)(H,83,84)(H2,69,70,71,72,73,74,75,76). The maximum Gasteiger partial charge on any atom is 0.307 e. The molecule has 6 N–H and O–H groups in total. The van der Waals surface area contributed by atoms with E-state index >= 15 is 0 Å². The maximum absolute atomic E-state index is 11.5. The summed E-state index contributed by atoms with van der Waals surface area (Å²) in [5.41, 5.74) is 4.88. The van der Waals surface area contributed by atoms with Crippen LogP contribution in [-0.2, 0) is 44.9 Å². The molecule has 24 heteroatoms. The van der Waals surface area contributed by atoms with E-state index in [2.05, 4.69) is 9.97 Å². The molecule has 5 heterocycles.